The van der Waals surface area contributed by atoms with Gasteiger partial charge in [-0.15, -0.1) is 0 Å². The number of para-hydroxylation sites is 1. The molecule has 0 radical (unpaired) electrons. The van der Waals surface area contributed by atoms with Gasteiger partial charge in [-0.2, -0.15) is 0 Å². The minimum absolute atomic E-state index is 0.0418. The summed E-state index contributed by atoms with van der Waals surface area (Å²) in [5.41, 5.74) is 1.44. The predicted octanol–water partition coefficient (Wildman–Crippen LogP) is 12.0. The molecule has 0 atom stereocenters. The van der Waals surface area contributed by atoms with Gasteiger partial charge in [0.25, 0.3) is 0 Å². The summed E-state index contributed by atoms with van der Waals surface area (Å²) in [6.07, 6.45) is 0. The Bertz CT molecular complexity index is 3040. The van der Waals surface area contributed by atoms with Crippen LogP contribution >= 0.6 is 0 Å². The summed E-state index contributed by atoms with van der Waals surface area (Å²) < 4.78 is 103. The fraction of sp³-hybridized carbons (Fsp3) is 0. The molecule has 200 valence electrons. The Morgan fingerprint density at radius 2 is 1.05 bits per heavy atom. The van der Waals surface area contributed by atoms with E-state index in [1.807, 2.05) is 72.8 Å². The van der Waals surface area contributed by atoms with Gasteiger partial charge in [-0.05, 0) is 89.9 Å². The summed E-state index contributed by atoms with van der Waals surface area (Å²) >= 11 is 0. The topological polar surface area (TPSA) is 13.1 Å². The molecule has 0 unspecified atom stereocenters. The van der Waals surface area contributed by atoms with Crippen molar-refractivity contribution in [3.05, 3.63) is 157 Å². The third-order valence-corrected chi connectivity index (χ3v) is 8.04. The maximum absolute atomic E-state index is 9.95. The van der Waals surface area contributed by atoms with Crippen molar-refractivity contribution in [3.8, 4) is 33.4 Å². The summed E-state index contributed by atoms with van der Waals surface area (Å²) in [6.45, 7) is 0. The first-order chi connectivity index (χ1) is 25.9. The monoisotopic (exact) mass is 557 g/mol. The lowest BCUT2D eigenvalue weighted by atomic mass is 9.83. The van der Waals surface area contributed by atoms with Crippen molar-refractivity contribution in [1.29, 1.82) is 0 Å². The number of hydrogen-bond acceptors (Lipinski definition) is 1. The van der Waals surface area contributed by atoms with Gasteiger partial charge in [0.05, 0.1) is 15.1 Å². The summed E-state index contributed by atoms with van der Waals surface area (Å²) in [5, 5.41) is 4.94. The minimum Gasteiger partial charge on any atom is -0.456 e. The molecule has 9 aromatic rings. The van der Waals surface area contributed by atoms with Gasteiger partial charge in [-0.1, -0.05) is 133 Å². The molecule has 0 amide bonds. The summed E-state index contributed by atoms with van der Waals surface area (Å²) in [4.78, 5) is 0. The summed E-state index contributed by atoms with van der Waals surface area (Å²) in [6, 6.07) is 23.8. The van der Waals surface area contributed by atoms with E-state index in [9.17, 15) is 2.74 Å². The van der Waals surface area contributed by atoms with E-state index in [4.69, 9.17) is 16.8 Å². The molecule has 0 saturated heterocycles. The van der Waals surface area contributed by atoms with Crippen LogP contribution in [0.2, 0.25) is 0 Å². The first-order valence-corrected chi connectivity index (χ1v) is 13.9. The first kappa shape index (κ1) is 15.5. The number of fused-ring (bicyclic) bond motifs is 6. The van der Waals surface area contributed by atoms with Crippen LogP contribution in [0.25, 0.3) is 87.6 Å². The molecule has 1 aromatic heterocycles. The minimum atomic E-state index is -0.617. The van der Waals surface area contributed by atoms with Crippen LogP contribution in [-0.4, -0.2) is 0 Å². The van der Waals surface area contributed by atoms with Crippen LogP contribution in [0.4, 0.5) is 0 Å². The van der Waals surface area contributed by atoms with Crippen molar-refractivity contribution >= 4 is 54.3 Å². The second-order valence-corrected chi connectivity index (χ2v) is 10.4. The summed E-state index contributed by atoms with van der Waals surface area (Å²) in [5.74, 6) is 0. The third-order valence-electron chi connectivity index (χ3n) is 8.04. The molecule has 8 aromatic carbocycles. The van der Waals surface area contributed by atoms with Crippen molar-refractivity contribution in [2.24, 2.45) is 0 Å². The zero-order valence-electron chi connectivity index (χ0n) is 33.6. The Hall–Kier alpha value is -5.66. The lowest BCUT2D eigenvalue weighted by Gasteiger charge is -2.20. The van der Waals surface area contributed by atoms with Crippen LogP contribution in [0.5, 0.6) is 0 Å². The van der Waals surface area contributed by atoms with Gasteiger partial charge in [0.2, 0.25) is 0 Å². The van der Waals surface area contributed by atoms with E-state index in [1.165, 1.54) is 0 Å². The van der Waals surface area contributed by atoms with E-state index in [0.717, 1.165) is 32.7 Å². The highest BCUT2D eigenvalue weighted by Crippen LogP contribution is 2.48. The van der Waals surface area contributed by atoms with Crippen molar-refractivity contribution in [1.82, 2.24) is 0 Å². The second-order valence-electron chi connectivity index (χ2n) is 10.4. The molecule has 0 fully saturated rings. The number of hydrogen-bond donors (Lipinski definition) is 0. The Morgan fingerprint density at radius 3 is 1.79 bits per heavy atom. The quantitative estimate of drug-likeness (QED) is 0.197. The van der Waals surface area contributed by atoms with Gasteiger partial charge in [0.1, 0.15) is 11.2 Å². The van der Waals surface area contributed by atoms with E-state index in [0.29, 0.717) is 16.3 Å². The molecule has 1 heterocycles. The zero-order valence-corrected chi connectivity index (χ0v) is 22.6. The molecular weight excluding hydrogens is 520 g/mol. The van der Waals surface area contributed by atoms with Crippen LogP contribution in [-0.2, 0) is 0 Å². The lowest BCUT2D eigenvalue weighted by Crippen LogP contribution is -1.93. The number of benzene rings is 8. The third kappa shape index (κ3) is 3.72. The van der Waals surface area contributed by atoms with Gasteiger partial charge in [0, 0.05) is 10.8 Å². The normalized spacial score (nSPS) is 15.3. The van der Waals surface area contributed by atoms with Crippen molar-refractivity contribution in [3.63, 3.8) is 0 Å². The smallest absolute Gasteiger partial charge is 0.136 e. The maximum Gasteiger partial charge on any atom is 0.136 e. The van der Waals surface area contributed by atoms with Gasteiger partial charge >= 0.3 is 0 Å². The number of furan rings is 1. The van der Waals surface area contributed by atoms with Gasteiger partial charge < -0.3 is 4.42 Å². The highest BCUT2D eigenvalue weighted by Gasteiger charge is 2.21. The maximum atomic E-state index is 9.95. The Kier molecular flexibility index (Phi) is 3.41. The molecule has 9 rings (SSSR count). The fourth-order valence-electron chi connectivity index (χ4n) is 6.19. The fourth-order valence-corrected chi connectivity index (χ4v) is 6.19. The standard InChI is InChI=1S/C42H26O/c1-2-13-28(14-3-1)36-26-40-37(31-16-10-11-21-39(31)43-40)25-38(36)42-34-19-8-6-17-32(34)41(33-18-7-9-20-35(33)42)30-23-22-27-12-4-5-15-29(27)24-30/h1-26H/i1D,2D,3D,10D,11D,13D,14D,16D,21D,25D,26D. The van der Waals surface area contributed by atoms with E-state index in [2.05, 4.69) is 18.2 Å². The van der Waals surface area contributed by atoms with Crippen LogP contribution in [0.15, 0.2) is 162 Å². The van der Waals surface area contributed by atoms with Crippen molar-refractivity contribution in [2.75, 3.05) is 0 Å². The molecule has 0 aliphatic rings. The highest BCUT2D eigenvalue weighted by atomic mass is 16.3. The summed E-state index contributed by atoms with van der Waals surface area (Å²) in [7, 11) is 0. The van der Waals surface area contributed by atoms with Crippen LogP contribution in [0.3, 0.4) is 0 Å². The molecule has 0 aliphatic carbocycles. The van der Waals surface area contributed by atoms with Crippen LogP contribution in [0.1, 0.15) is 15.1 Å². The molecule has 0 aliphatic heterocycles. The largest absolute Gasteiger partial charge is 0.456 e. The van der Waals surface area contributed by atoms with E-state index >= 15 is 0 Å². The first-order valence-electron chi connectivity index (χ1n) is 19.4. The number of rotatable bonds is 3. The molecule has 0 bridgehead atoms. The highest BCUT2D eigenvalue weighted by molar-refractivity contribution is 6.23. The SMILES string of the molecule is [2H]c1c([2H])c([2H])c(-c2c(-c3c4ccccc4c(-c4ccc5ccccc5c4)c4ccccc34)c([2H])c3c(oc4c([2H])c([2H])c([2H])c([2H])c43)c2[2H])c([2H])c1[2H]. The molecule has 43 heavy (non-hydrogen) atoms. The molecule has 0 saturated carbocycles. The van der Waals surface area contributed by atoms with Gasteiger partial charge in [0.15, 0.2) is 0 Å². The zero-order chi connectivity index (χ0) is 37.9. The van der Waals surface area contributed by atoms with Gasteiger partial charge in [-0.3, -0.25) is 0 Å². The molecule has 1 heteroatoms. The Balaban J connectivity index is 1.54. The Morgan fingerprint density at radius 1 is 0.419 bits per heavy atom. The van der Waals surface area contributed by atoms with E-state index in [-0.39, 0.29) is 44.7 Å². The average Bonchev–Trinajstić information content (AvgIpc) is 3.60. The predicted molar refractivity (Wildman–Crippen MR) is 183 cm³/mol. The van der Waals surface area contributed by atoms with Crippen molar-refractivity contribution in [2.45, 2.75) is 0 Å². The average molecular weight is 558 g/mol. The Labute approximate surface area is 264 Å². The van der Waals surface area contributed by atoms with E-state index < -0.39 is 60.4 Å². The second kappa shape index (κ2) is 9.44. The van der Waals surface area contributed by atoms with Gasteiger partial charge in [-0.25, -0.2) is 0 Å². The van der Waals surface area contributed by atoms with Crippen LogP contribution in [0, 0.1) is 0 Å². The lowest BCUT2D eigenvalue weighted by molar-refractivity contribution is 0.669. The van der Waals surface area contributed by atoms with Crippen LogP contribution < -0.4 is 0 Å². The van der Waals surface area contributed by atoms with E-state index in [1.54, 1.807) is 0 Å². The molecule has 0 N–H and O–H groups in total. The molecule has 1 nitrogen and oxygen atoms in total. The molecule has 0 spiro atoms. The molecular formula is C42H26O. The van der Waals surface area contributed by atoms with Crippen molar-refractivity contribution < 1.29 is 19.5 Å².